The van der Waals surface area contributed by atoms with Crippen LogP contribution in [0.15, 0.2) is 12.1 Å². The van der Waals surface area contributed by atoms with Crippen LogP contribution in [0, 0.1) is 18.7 Å². The van der Waals surface area contributed by atoms with Crippen LogP contribution in [-0.4, -0.2) is 0 Å². The van der Waals surface area contributed by atoms with Gasteiger partial charge in [-0.3, -0.25) is 0 Å². The van der Waals surface area contributed by atoms with Crippen LogP contribution in [-0.2, 0) is 6.42 Å². The number of hydrogen-bond acceptors (Lipinski definition) is 0. The van der Waals surface area contributed by atoms with Gasteiger partial charge in [-0.1, -0.05) is 33.8 Å². The maximum Gasteiger partial charge on any atom is 0.126 e. The second-order valence-electron chi connectivity index (χ2n) is 5.05. The van der Waals surface area contributed by atoms with E-state index >= 15 is 0 Å². The quantitative estimate of drug-likeness (QED) is 0.688. The van der Waals surface area contributed by atoms with Gasteiger partial charge < -0.3 is 0 Å². The summed E-state index contributed by atoms with van der Waals surface area (Å²) in [4.78, 5) is 0. The lowest BCUT2D eigenvalue weighted by Gasteiger charge is -2.14. The topological polar surface area (TPSA) is 0 Å². The van der Waals surface area contributed by atoms with Crippen molar-refractivity contribution in [3.05, 3.63) is 34.6 Å². The minimum absolute atomic E-state index is 0.0435. The van der Waals surface area contributed by atoms with Gasteiger partial charge in [0, 0.05) is 0 Å². The fourth-order valence-electron chi connectivity index (χ4n) is 1.97. The molecule has 0 nitrogen and oxygen atoms in total. The van der Waals surface area contributed by atoms with Crippen molar-refractivity contribution in [2.45, 2.75) is 47.0 Å². The summed E-state index contributed by atoms with van der Waals surface area (Å²) in [6.07, 6.45) is 0.824. The van der Waals surface area contributed by atoms with Gasteiger partial charge in [-0.05, 0) is 47.9 Å². The van der Waals surface area contributed by atoms with E-state index in [0.29, 0.717) is 11.8 Å². The van der Waals surface area contributed by atoms with Crippen molar-refractivity contribution >= 4 is 0 Å². The number of aryl methyl sites for hydroxylation is 1. The van der Waals surface area contributed by atoms with Crippen LogP contribution in [0.25, 0.3) is 0 Å². The van der Waals surface area contributed by atoms with Crippen molar-refractivity contribution in [1.82, 2.24) is 0 Å². The molecule has 1 aromatic carbocycles. The molecule has 84 valence electrons. The monoisotopic (exact) mass is 208 g/mol. The minimum atomic E-state index is -0.0435. The van der Waals surface area contributed by atoms with Crippen molar-refractivity contribution in [1.29, 1.82) is 0 Å². The van der Waals surface area contributed by atoms with E-state index in [0.717, 1.165) is 17.5 Å². The summed E-state index contributed by atoms with van der Waals surface area (Å²) < 4.78 is 13.8. The van der Waals surface area contributed by atoms with E-state index in [1.807, 2.05) is 6.07 Å². The highest BCUT2D eigenvalue weighted by atomic mass is 19.1. The van der Waals surface area contributed by atoms with Gasteiger partial charge in [0.25, 0.3) is 0 Å². The van der Waals surface area contributed by atoms with Crippen molar-refractivity contribution in [3.63, 3.8) is 0 Å². The summed E-state index contributed by atoms with van der Waals surface area (Å²) in [5, 5.41) is 0. The number of benzene rings is 1. The molecule has 0 aliphatic heterocycles. The highest BCUT2D eigenvalue weighted by Gasteiger charge is 2.10. The zero-order chi connectivity index (χ0) is 11.6. The lowest BCUT2D eigenvalue weighted by molar-refractivity contribution is 0.570. The first-order valence-corrected chi connectivity index (χ1v) is 5.70. The van der Waals surface area contributed by atoms with E-state index in [1.165, 1.54) is 5.56 Å². The SMILES string of the molecule is Cc1cc(CC(C)C)c(F)cc1C(C)C. The van der Waals surface area contributed by atoms with E-state index in [4.69, 9.17) is 0 Å². The summed E-state index contributed by atoms with van der Waals surface area (Å²) in [6, 6.07) is 3.71. The van der Waals surface area contributed by atoms with Gasteiger partial charge in [0.05, 0.1) is 0 Å². The highest BCUT2D eigenvalue weighted by molar-refractivity contribution is 5.34. The first-order valence-electron chi connectivity index (χ1n) is 5.70. The average Bonchev–Trinajstić information content (AvgIpc) is 2.09. The molecule has 0 saturated carbocycles. The summed E-state index contributed by atoms with van der Waals surface area (Å²) in [5.41, 5.74) is 3.19. The third kappa shape index (κ3) is 3.05. The molecule has 0 bridgehead atoms. The molecular weight excluding hydrogens is 187 g/mol. The summed E-state index contributed by atoms with van der Waals surface area (Å²) >= 11 is 0. The number of rotatable bonds is 3. The van der Waals surface area contributed by atoms with E-state index in [1.54, 1.807) is 6.07 Å². The van der Waals surface area contributed by atoms with Gasteiger partial charge in [0.15, 0.2) is 0 Å². The average molecular weight is 208 g/mol. The molecular formula is C14H21F. The van der Waals surface area contributed by atoms with Crippen molar-refractivity contribution in [2.75, 3.05) is 0 Å². The third-order valence-electron chi connectivity index (χ3n) is 2.69. The molecule has 1 rings (SSSR count). The van der Waals surface area contributed by atoms with Crippen molar-refractivity contribution in [2.24, 2.45) is 5.92 Å². The Hall–Kier alpha value is -0.850. The van der Waals surface area contributed by atoms with Crippen LogP contribution < -0.4 is 0 Å². The van der Waals surface area contributed by atoms with Crippen LogP contribution in [0.5, 0.6) is 0 Å². The predicted molar refractivity (Wildman–Crippen MR) is 63.8 cm³/mol. The first kappa shape index (κ1) is 12.2. The minimum Gasteiger partial charge on any atom is -0.207 e. The molecule has 0 heterocycles. The molecule has 0 N–H and O–H groups in total. The first-order chi connectivity index (χ1) is 6.91. The molecule has 0 aliphatic carbocycles. The fourth-order valence-corrected chi connectivity index (χ4v) is 1.97. The van der Waals surface area contributed by atoms with Crippen LogP contribution >= 0.6 is 0 Å². The van der Waals surface area contributed by atoms with Crippen LogP contribution in [0.3, 0.4) is 0 Å². The molecule has 0 spiro atoms. The Kier molecular flexibility index (Phi) is 3.90. The number of halogens is 1. The second-order valence-corrected chi connectivity index (χ2v) is 5.05. The van der Waals surface area contributed by atoms with E-state index < -0.39 is 0 Å². The Balaban J connectivity index is 3.08. The normalized spacial score (nSPS) is 11.5. The molecule has 0 atom stereocenters. The van der Waals surface area contributed by atoms with Crippen molar-refractivity contribution in [3.8, 4) is 0 Å². The van der Waals surface area contributed by atoms with Crippen LogP contribution in [0.2, 0.25) is 0 Å². The summed E-state index contributed by atoms with van der Waals surface area (Å²) in [6.45, 7) is 10.5. The standard InChI is InChI=1S/C14H21F/c1-9(2)6-12-7-11(5)13(10(3)4)8-14(12)15/h7-10H,6H2,1-5H3. The van der Waals surface area contributed by atoms with Crippen LogP contribution in [0.1, 0.15) is 50.3 Å². The molecule has 0 radical (unpaired) electrons. The molecule has 0 aromatic heterocycles. The maximum atomic E-state index is 13.8. The summed E-state index contributed by atoms with van der Waals surface area (Å²) in [7, 11) is 0. The molecule has 0 unspecified atom stereocenters. The van der Waals surface area contributed by atoms with E-state index in [2.05, 4.69) is 34.6 Å². The Morgan fingerprint density at radius 1 is 1.13 bits per heavy atom. The summed E-state index contributed by atoms with van der Waals surface area (Å²) in [5.74, 6) is 0.856. The third-order valence-corrected chi connectivity index (χ3v) is 2.69. The lowest BCUT2D eigenvalue weighted by Crippen LogP contribution is -2.01. The second kappa shape index (κ2) is 4.78. The van der Waals surface area contributed by atoms with Gasteiger partial charge in [0.2, 0.25) is 0 Å². The molecule has 0 amide bonds. The molecule has 0 fully saturated rings. The molecule has 1 aromatic rings. The van der Waals surface area contributed by atoms with E-state index in [9.17, 15) is 4.39 Å². The largest absolute Gasteiger partial charge is 0.207 e. The van der Waals surface area contributed by atoms with Gasteiger partial charge in [-0.15, -0.1) is 0 Å². The predicted octanol–water partition coefficient (Wildman–Crippen LogP) is 4.46. The lowest BCUT2D eigenvalue weighted by atomic mass is 9.93. The van der Waals surface area contributed by atoms with Gasteiger partial charge in [-0.2, -0.15) is 0 Å². The Bertz CT molecular complexity index is 337. The van der Waals surface area contributed by atoms with Crippen LogP contribution in [0.4, 0.5) is 4.39 Å². The van der Waals surface area contributed by atoms with Gasteiger partial charge in [0.1, 0.15) is 5.82 Å². The zero-order valence-electron chi connectivity index (χ0n) is 10.4. The fraction of sp³-hybridized carbons (Fsp3) is 0.571. The molecule has 0 aliphatic rings. The smallest absolute Gasteiger partial charge is 0.126 e. The van der Waals surface area contributed by atoms with Crippen molar-refractivity contribution < 1.29 is 4.39 Å². The maximum absolute atomic E-state index is 13.8. The van der Waals surface area contributed by atoms with E-state index in [-0.39, 0.29) is 5.82 Å². The molecule has 0 saturated heterocycles. The Morgan fingerprint density at radius 2 is 1.73 bits per heavy atom. The Labute approximate surface area is 92.5 Å². The molecule has 1 heteroatoms. The van der Waals surface area contributed by atoms with Gasteiger partial charge >= 0.3 is 0 Å². The van der Waals surface area contributed by atoms with Gasteiger partial charge in [-0.25, -0.2) is 4.39 Å². The molecule has 15 heavy (non-hydrogen) atoms. The zero-order valence-corrected chi connectivity index (χ0v) is 10.4. The number of hydrogen-bond donors (Lipinski definition) is 0. The Morgan fingerprint density at radius 3 is 2.20 bits per heavy atom. The highest BCUT2D eigenvalue weighted by Crippen LogP contribution is 2.23.